The van der Waals surface area contributed by atoms with Crippen molar-refractivity contribution < 1.29 is 9.94 Å². The maximum absolute atomic E-state index is 9.14. The van der Waals surface area contributed by atoms with Crippen LogP contribution in [0.25, 0.3) is 22.6 Å². The molecule has 0 amide bonds. The molecule has 9 heteroatoms. The summed E-state index contributed by atoms with van der Waals surface area (Å²) in [5, 5.41) is 13.0. The first-order valence-electron chi connectivity index (χ1n) is 9.27. The van der Waals surface area contributed by atoms with E-state index >= 15 is 0 Å². The van der Waals surface area contributed by atoms with E-state index in [1.807, 2.05) is 34.9 Å². The Labute approximate surface area is 176 Å². The molecule has 0 radical (unpaired) electrons. The SMILES string of the molecule is C[Si](C)(C)CCOCn1c(/C=N/O)nc(-c2ccc(Cl)cc2)c1-c1ccncn1. The molecule has 1 N–H and O–H groups in total. The number of benzene rings is 1. The second-order valence-electron chi connectivity index (χ2n) is 7.79. The lowest BCUT2D eigenvalue weighted by atomic mass is 10.1. The molecule has 2 aromatic heterocycles. The van der Waals surface area contributed by atoms with Gasteiger partial charge in [0.1, 0.15) is 19.3 Å². The predicted molar refractivity (Wildman–Crippen MR) is 117 cm³/mol. The van der Waals surface area contributed by atoms with Crippen molar-refractivity contribution in [2.45, 2.75) is 32.4 Å². The second-order valence-corrected chi connectivity index (χ2v) is 13.8. The quantitative estimate of drug-likeness (QED) is 0.183. The molecule has 7 nitrogen and oxygen atoms in total. The Morgan fingerprint density at radius 3 is 2.59 bits per heavy atom. The van der Waals surface area contributed by atoms with E-state index in [4.69, 9.17) is 21.5 Å². The summed E-state index contributed by atoms with van der Waals surface area (Å²) < 4.78 is 7.82. The highest BCUT2D eigenvalue weighted by atomic mass is 35.5. The van der Waals surface area contributed by atoms with E-state index in [0.29, 0.717) is 28.8 Å². The standard InChI is InChI=1S/C20H24ClN5O2Si/c1-29(2,3)11-10-28-14-26-18(12-24-27)25-19(15-4-6-16(21)7-5-15)20(26)17-8-9-22-13-23-17/h4-9,12-13,27H,10-11,14H2,1-3H3/b24-12+. The zero-order valence-corrected chi connectivity index (χ0v) is 18.5. The molecule has 0 fully saturated rings. The van der Waals surface area contributed by atoms with Crippen LogP contribution in [0.1, 0.15) is 5.82 Å². The van der Waals surface area contributed by atoms with Gasteiger partial charge in [0.05, 0.1) is 17.1 Å². The summed E-state index contributed by atoms with van der Waals surface area (Å²) in [7, 11) is -1.20. The fraction of sp³-hybridized carbons (Fsp3) is 0.300. The van der Waals surface area contributed by atoms with Crippen LogP contribution in [0.2, 0.25) is 30.7 Å². The van der Waals surface area contributed by atoms with Crippen molar-refractivity contribution in [3.05, 3.63) is 53.7 Å². The first-order valence-corrected chi connectivity index (χ1v) is 13.4. The average Bonchev–Trinajstić information content (AvgIpc) is 3.04. The number of hydrogen-bond donors (Lipinski definition) is 1. The van der Waals surface area contributed by atoms with Gasteiger partial charge in [-0.15, -0.1) is 0 Å². The Morgan fingerprint density at radius 1 is 1.21 bits per heavy atom. The van der Waals surface area contributed by atoms with Gasteiger partial charge in [0.2, 0.25) is 0 Å². The van der Waals surface area contributed by atoms with Gasteiger partial charge in [-0.05, 0) is 24.2 Å². The average molecular weight is 430 g/mol. The minimum absolute atomic E-state index is 0.270. The summed E-state index contributed by atoms with van der Waals surface area (Å²) in [6.45, 7) is 7.85. The number of oxime groups is 1. The summed E-state index contributed by atoms with van der Waals surface area (Å²) >= 11 is 6.05. The van der Waals surface area contributed by atoms with E-state index in [0.717, 1.165) is 17.3 Å². The van der Waals surface area contributed by atoms with Crippen LogP contribution in [0, 0.1) is 0 Å². The van der Waals surface area contributed by atoms with Gasteiger partial charge in [-0.25, -0.2) is 15.0 Å². The zero-order chi connectivity index (χ0) is 20.9. The third-order valence-corrected chi connectivity index (χ3v) is 6.29. The summed E-state index contributed by atoms with van der Waals surface area (Å²) in [6.07, 6.45) is 4.47. The van der Waals surface area contributed by atoms with E-state index in [1.54, 1.807) is 6.20 Å². The van der Waals surface area contributed by atoms with Crippen LogP contribution in [-0.4, -0.2) is 45.6 Å². The van der Waals surface area contributed by atoms with Gasteiger partial charge in [0, 0.05) is 31.5 Å². The number of rotatable bonds is 8. The smallest absolute Gasteiger partial charge is 0.157 e. The third-order valence-electron chi connectivity index (χ3n) is 4.33. The lowest BCUT2D eigenvalue weighted by molar-refractivity contribution is 0.0878. The first kappa shape index (κ1) is 21.2. The van der Waals surface area contributed by atoms with Crippen LogP contribution < -0.4 is 0 Å². The number of nitrogens with zero attached hydrogens (tertiary/aromatic N) is 5. The van der Waals surface area contributed by atoms with Crippen molar-refractivity contribution >= 4 is 25.9 Å². The minimum Gasteiger partial charge on any atom is -0.411 e. The van der Waals surface area contributed by atoms with Crippen LogP contribution in [0.3, 0.4) is 0 Å². The van der Waals surface area contributed by atoms with Gasteiger partial charge < -0.3 is 9.94 Å². The molecule has 0 aliphatic rings. The van der Waals surface area contributed by atoms with Crippen molar-refractivity contribution in [2.75, 3.05) is 6.61 Å². The molecule has 0 atom stereocenters. The molecule has 152 valence electrons. The molecule has 0 saturated heterocycles. The summed E-state index contributed by atoms with van der Waals surface area (Å²) in [5.41, 5.74) is 3.03. The monoisotopic (exact) mass is 429 g/mol. The third kappa shape index (κ3) is 5.50. The molecule has 2 heterocycles. The van der Waals surface area contributed by atoms with Crippen LogP contribution in [0.4, 0.5) is 0 Å². The summed E-state index contributed by atoms with van der Waals surface area (Å²) in [4.78, 5) is 13.1. The van der Waals surface area contributed by atoms with E-state index < -0.39 is 8.07 Å². The molecule has 0 bridgehead atoms. The maximum Gasteiger partial charge on any atom is 0.157 e. The topological polar surface area (TPSA) is 85.4 Å². The van der Waals surface area contributed by atoms with E-state index in [1.165, 1.54) is 12.5 Å². The molecule has 0 aliphatic carbocycles. The highest BCUT2D eigenvalue weighted by Gasteiger charge is 2.21. The van der Waals surface area contributed by atoms with E-state index in [-0.39, 0.29) is 6.73 Å². The van der Waals surface area contributed by atoms with E-state index in [9.17, 15) is 0 Å². The number of halogens is 1. The minimum atomic E-state index is -1.20. The van der Waals surface area contributed by atoms with Gasteiger partial charge in [-0.2, -0.15) is 0 Å². The number of aromatic nitrogens is 4. The van der Waals surface area contributed by atoms with Crippen molar-refractivity contribution in [2.24, 2.45) is 5.16 Å². The van der Waals surface area contributed by atoms with Gasteiger partial charge in [-0.3, -0.25) is 4.57 Å². The van der Waals surface area contributed by atoms with Gasteiger partial charge >= 0.3 is 0 Å². The zero-order valence-electron chi connectivity index (χ0n) is 16.7. The first-order chi connectivity index (χ1) is 13.9. The molecule has 3 rings (SSSR count). The number of ether oxygens (including phenoxy) is 1. The van der Waals surface area contributed by atoms with Crippen molar-refractivity contribution in [3.63, 3.8) is 0 Å². The summed E-state index contributed by atoms with van der Waals surface area (Å²) in [5.74, 6) is 0.471. The molecular weight excluding hydrogens is 406 g/mol. The molecule has 3 aromatic rings. The Kier molecular flexibility index (Phi) is 6.78. The van der Waals surface area contributed by atoms with Gasteiger partial charge in [-0.1, -0.05) is 48.5 Å². The number of hydrogen-bond acceptors (Lipinski definition) is 6. The Balaban J connectivity index is 2.05. The lowest BCUT2D eigenvalue weighted by Gasteiger charge is -2.16. The van der Waals surface area contributed by atoms with E-state index in [2.05, 4.69) is 39.7 Å². The van der Waals surface area contributed by atoms with Crippen LogP contribution in [-0.2, 0) is 11.5 Å². The molecule has 0 unspecified atom stereocenters. The van der Waals surface area contributed by atoms with Crippen LogP contribution in [0.5, 0.6) is 0 Å². The molecule has 0 saturated carbocycles. The van der Waals surface area contributed by atoms with Crippen LogP contribution in [0.15, 0.2) is 48.0 Å². The molecule has 0 spiro atoms. The Morgan fingerprint density at radius 2 is 1.97 bits per heavy atom. The Bertz CT molecular complexity index is 969. The molecular formula is C20H24ClN5O2Si. The van der Waals surface area contributed by atoms with Crippen molar-refractivity contribution in [1.82, 2.24) is 19.5 Å². The van der Waals surface area contributed by atoms with Gasteiger partial charge in [0.15, 0.2) is 5.82 Å². The van der Waals surface area contributed by atoms with Crippen molar-refractivity contribution in [3.8, 4) is 22.6 Å². The highest BCUT2D eigenvalue weighted by Crippen LogP contribution is 2.32. The largest absolute Gasteiger partial charge is 0.411 e. The summed E-state index contributed by atoms with van der Waals surface area (Å²) in [6, 6.07) is 10.3. The van der Waals surface area contributed by atoms with Crippen LogP contribution >= 0.6 is 11.6 Å². The lowest BCUT2D eigenvalue weighted by Crippen LogP contribution is -2.22. The number of imidazole rings is 1. The van der Waals surface area contributed by atoms with Gasteiger partial charge in [0.25, 0.3) is 0 Å². The fourth-order valence-electron chi connectivity index (χ4n) is 2.78. The van der Waals surface area contributed by atoms with Crippen molar-refractivity contribution in [1.29, 1.82) is 0 Å². The maximum atomic E-state index is 9.14. The fourth-order valence-corrected chi connectivity index (χ4v) is 3.67. The molecule has 0 aliphatic heterocycles. The normalized spacial score (nSPS) is 12.0. The predicted octanol–water partition coefficient (Wildman–Crippen LogP) is 4.78. The second kappa shape index (κ2) is 9.30. The molecule has 29 heavy (non-hydrogen) atoms. The molecule has 1 aromatic carbocycles. The Hall–Kier alpha value is -2.55. The highest BCUT2D eigenvalue weighted by molar-refractivity contribution is 6.76.